The number of hydrogen-bond acceptors (Lipinski definition) is 6. The predicted molar refractivity (Wildman–Crippen MR) is 58.8 cm³/mol. The van der Waals surface area contributed by atoms with Gasteiger partial charge >= 0.3 is 0 Å². The Balaban J connectivity index is 2.01. The number of amides is 2. The number of fused-ring (bicyclic) bond motifs is 1. The smallest absolute Gasteiger partial charge is 0.258 e. The third kappa shape index (κ3) is 2.11. The van der Waals surface area contributed by atoms with Gasteiger partial charge < -0.3 is 10.6 Å². The van der Waals surface area contributed by atoms with E-state index in [1.54, 1.807) is 7.05 Å². The molecule has 0 saturated heterocycles. The molecule has 0 bridgehead atoms. The summed E-state index contributed by atoms with van der Waals surface area (Å²) in [5, 5.41) is 12.9. The number of amidine groups is 1. The minimum Gasteiger partial charge on any atom is -0.358 e. The second kappa shape index (κ2) is 4.44. The Bertz CT molecular complexity index is 428. The molecule has 7 nitrogen and oxygen atoms in total. The van der Waals surface area contributed by atoms with E-state index in [9.17, 15) is 9.59 Å². The van der Waals surface area contributed by atoms with Crippen LogP contribution in [0.3, 0.4) is 0 Å². The van der Waals surface area contributed by atoms with Crippen molar-refractivity contribution in [3.8, 4) is 0 Å². The first-order chi connectivity index (χ1) is 7.70. The molecule has 0 aromatic rings. The maximum atomic E-state index is 11.5. The molecular weight excluding hydrogens is 230 g/mol. The maximum Gasteiger partial charge on any atom is 0.258 e. The number of thioether (sulfide) groups is 1. The van der Waals surface area contributed by atoms with Gasteiger partial charge in [-0.15, -0.1) is 0 Å². The molecule has 2 N–H and O–H groups in total. The Morgan fingerprint density at radius 2 is 2.50 bits per heavy atom. The first-order valence-corrected chi connectivity index (χ1v) is 5.52. The molecule has 0 spiro atoms. The van der Waals surface area contributed by atoms with Crippen molar-refractivity contribution in [2.75, 3.05) is 12.8 Å². The van der Waals surface area contributed by atoms with E-state index < -0.39 is 6.17 Å². The molecular formula is C8H9N5O2S. The fourth-order valence-electron chi connectivity index (χ4n) is 1.15. The fourth-order valence-corrected chi connectivity index (χ4v) is 1.90. The summed E-state index contributed by atoms with van der Waals surface area (Å²) in [6.07, 6.45) is 0.852. The summed E-state index contributed by atoms with van der Waals surface area (Å²) in [6.45, 7) is 0. The first-order valence-electron chi connectivity index (χ1n) is 4.53. The molecule has 0 saturated carbocycles. The van der Waals surface area contributed by atoms with Crippen LogP contribution in [-0.4, -0.2) is 35.9 Å². The first kappa shape index (κ1) is 10.8. The summed E-state index contributed by atoms with van der Waals surface area (Å²) in [5.41, 5.74) is 0.435. The lowest BCUT2D eigenvalue weighted by Crippen LogP contribution is -2.38. The molecule has 1 unspecified atom stereocenters. The molecule has 0 radical (unpaired) electrons. The van der Waals surface area contributed by atoms with Crippen LogP contribution in [0.5, 0.6) is 0 Å². The third-order valence-electron chi connectivity index (χ3n) is 1.99. The van der Waals surface area contributed by atoms with E-state index in [1.165, 1.54) is 6.20 Å². The summed E-state index contributed by atoms with van der Waals surface area (Å²) < 4.78 is 0. The van der Waals surface area contributed by atoms with Crippen molar-refractivity contribution < 1.29 is 9.59 Å². The van der Waals surface area contributed by atoms with Gasteiger partial charge in [-0.05, 0) is 0 Å². The summed E-state index contributed by atoms with van der Waals surface area (Å²) in [4.78, 5) is 26.7. The van der Waals surface area contributed by atoms with E-state index in [2.05, 4.69) is 25.9 Å². The highest BCUT2D eigenvalue weighted by atomic mass is 32.2. The number of nitrogens with one attached hydrogen (secondary N) is 2. The molecule has 2 heterocycles. The van der Waals surface area contributed by atoms with Crippen LogP contribution in [0.2, 0.25) is 0 Å². The van der Waals surface area contributed by atoms with Crippen molar-refractivity contribution >= 4 is 28.7 Å². The summed E-state index contributed by atoms with van der Waals surface area (Å²) >= 11 is 1.16. The summed E-state index contributed by atoms with van der Waals surface area (Å²) in [5.74, 6) is -0.181. The van der Waals surface area contributed by atoms with Crippen molar-refractivity contribution in [3.05, 3.63) is 11.8 Å². The molecule has 1 atom stereocenters. The highest BCUT2D eigenvalue weighted by Gasteiger charge is 2.29. The monoisotopic (exact) mass is 239 g/mol. The Kier molecular flexibility index (Phi) is 3.00. The highest BCUT2D eigenvalue weighted by molar-refractivity contribution is 8.14. The Morgan fingerprint density at radius 1 is 1.69 bits per heavy atom. The van der Waals surface area contributed by atoms with Crippen LogP contribution in [0.15, 0.2) is 27.0 Å². The van der Waals surface area contributed by atoms with E-state index >= 15 is 0 Å². The Hall–Kier alpha value is -1.70. The van der Waals surface area contributed by atoms with Crippen LogP contribution in [0.25, 0.3) is 0 Å². The number of azo groups is 1. The van der Waals surface area contributed by atoms with Crippen LogP contribution in [0.4, 0.5) is 0 Å². The van der Waals surface area contributed by atoms with Gasteiger partial charge in [-0.25, -0.2) is 4.99 Å². The molecule has 2 amide bonds. The quantitative estimate of drug-likeness (QED) is 0.688. The van der Waals surface area contributed by atoms with E-state index in [0.717, 1.165) is 11.8 Å². The van der Waals surface area contributed by atoms with Crippen LogP contribution in [0, 0.1) is 0 Å². The molecule has 0 aromatic carbocycles. The van der Waals surface area contributed by atoms with Gasteiger partial charge in [0.1, 0.15) is 0 Å². The van der Waals surface area contributed by atoms with Crippen LogP contribution < -0.4 is 10.6 Å². The SMILES string of the molecule is CNC(=O)CSC1=NC2N=NC=C2C(=O)N1. The number of hydrogen-bond donors (Lipinski definition) is 2. The second-order valence-corrected chi connectivity index (χ2v) is 4.00. The van der Waals surface area contributed by atoms with Gasteiger partial charge in [0.15, 0.2) is 11.3 Å². The minimum absolute atomic E-state index is 0.128. The van der Waals surface area contributed by atoms with Gasteiger partial charge in [-0.2, -0.15) is 10.2 Å². The zero-order valence-corrected chi connectivity index (χ0v) is 9.24. The zero-order valence-electron chi connectivity index (χ0n) is 8.43. The summed E-state index contributed by atoms with van der Waals surface area (Å²) in [6, 6.07) is 0. The van der Waals surface area contributed by atoms with E-state index in [1.807, 2.05) is 0 Å². The number of aliphatic imine (C=N–C) groups is 1. The van der Waals surface area contributed by atoms with Gasteiger partial charge in [-0.3, -0.25) is 9.59 Å². The average molecular weight is 239 g/mol. The number of rotatable bonds is 2. The standard InChI is InChI=1S/C8H9N5O2S/c1-9-5(14)3-16-8-11-6-4(2-10-13-6)7(15)12-8/h2,6H,3H2,1H3,(H,9,14)(H,11,12,15). The van der Waals surface area contributed by atoms with Crippen molar-refractivity contribution in [2.24, 2.45) is 15.2 Å². The van der Waals surface area contributed by atoms with Gasteiger partial charge in [-0.1, -0.05) is 11.8 Å². The van der Waals surface area contributed by atoms with Gasteiger partial charge in [0.05, 0.1) is 17.5 Å². The number of nitrogens with zero attached hydrogens (tertiary/aromatic N) is 3. The second-order valence-electron chi connectivity index (χ2n) is 3.04. The van der Waals surface area contributed by atoms with Gasteiger partial charge in [0, 0.05) is 7.05 Å². The largest absolute Gasteiger partial charge is 0.358 e. The molecule has 16 heavy (non-hydrogen) atoms. The molecule has 84 valence electrons. The normalized spacial score (nSPS) is 22.1. The average Bonchev–Trinajstić information content (AvgIpc) is 2.74. The van der Waals surface area contributed by atoms with Crippen molar-refractivity contribution in [1.82, 2.24) is 10.6 Å². The van der Waals surface area contributed by atoms with Gasteiger partial charge in [0.2, 0.25) is 5.91 Å². The lowest BCUT2D eigenvalue weighted by Gasteiger charge is -2.16. The molecule has 2 rings (SSSR count). The minimum atomic E-state index is -0.541. The lowest BCUT2D eigenvalue weighted by molar-refractivity contribution is -0.118. The van der Waals surface area contributed by atoms with E-state index in [0.29, 0.717) is 10.7 Å². The summed E-state index contributed by atoms with van der Waals surface area (Å²) in [7, 11) is 1.55. The van der Waals surface area contributed by atoms with Gasteiger partial charge in [0.25, 0.3) is 5.91 Å². The fraction of sp³-hybridized carbons (Fsp3) is 0.375. The van der Waals surface area contributed by atoms with Crippen LogP contribution in [-0.2, 0) is 9.59 Å². The van der Waals surface area contributed by atoms with Crippen molar-refractivity contribution in [3.63, 3.8) is 0 Å². The molecule has 2 aliphatic rings. The molecule has 0 aliphatic carbocycles. The Morgan fingerprint density at radius 3 is 3.25 bits per heavy atom. The van der Waals surface area contributed by atoms with E-state index in [4.69, 9.17) is 0 Å². The highest BCUT2D eigenvalue weighted by Crippen LogP contribution is 2.21. The third-order valence-corrected chi connectivity index (χ3v) is 2.88. The molecule has 8 heteroatoms. The number of carbonyl (C=O) groups excluding carboxylic acids is 2. The van der Waals surface area contributed by atoms with E-state index in [-0.39, 0.29) is 17.6 Å². The lowest BCUT2D eigenvalue weighted by atomic mass is 10.2. The van der Waals surface area contributed by atoms with Crippen molar-refractivity contribution in [2.45, 2.75) is 6.17 Å². The molecule has 0 fully saturated rings. The van der Waals surface area contributed by atoms with Crippen molar-refractivity contribution in [1.29, 1.82) is 0 Å². The number of carbonyl (C=O) groups is 2. The molecule has 0 aromatic heterocycles. The topological polar surface area (TPSA) is 95.3 Å². The van der Waals surface area contributed by atoms with Crippen LogP contribution >= 0.6 is 11.8 Å². The van der Waals surface area contributed by atoms with Crippen LogP contribution in [0.1, 0.15) is 0 Å². The maximum absolute atomic E-state index is 11.5. The zero-order chi connectivity index (χ0) is 11.5. The Labute approximate surface area is 95.5 Å². The predicted octanol–water partition coefficient (Wildman–Crippen LogP) is -0.373. The molecule has 2 aliphatic heterocycles.